The van der Waals surface area contributed by atoms with E-state index in [-0.39, 0.29) is 0 Å². The van der Waals surface area contributed by atoms with Gasteiger partial charge in [0.15, 0.2) is 0 Å². The van der Waals surface area contributed by atoms with Crippen LogP contribution < -0.4 is 0 Å². The minimum Gasteiger partial charge on any atom is -0.264 e. The van der Waals surface area contributed by atoms with Crippen LogP contribution in [0.25, 0.3) is 10.8 Å². The maximum atomic E-state index is 4.23. The third-order valence-electron chi connectivity index (χ3n) is 2.32. The summed E-state index contributed by atoms with van der Waals surface area (Å²) in [6.45, 7) is 4.40. The Kier molecular flexibility index (Phi) is 2.01. The van der Waals surface area contributed by atoms with Crippen LogP contribution in [0.5, 0.6) is 0 Å². The third-order valence-corrected chi connectivity index (χ3v) is 2.32. The molecule has 0 fully saturated rings. The molecule has 0 N–H and O–H groups in total. The molecule has 1 nitrogen and oxygen atoms in total. The Morgan fingerprint density at radius 2 is 1.85 bits per heavy atom. The molecule has 2 rings (SSSR count). The minimum atomic E-state index is 0.540. The number of aromatic nitrogens is 1. The highest BCUT2D eigenvalue weighted by atomic mass is 14.6. The average molecular weight is 171 g/mol. The summed E-state index contributed by atoms with van der Waals surface area (Å²) in [6.07, 6.45) is 3.88. The second-order valence-corrected chi connectivity index (χ2v) is 3.60. The van der Waals surface area contributed by atoms with Crippen molar-refractivity contribution in [3.8, 4) is 0 Å². The minimum absolute atomic E-state index is 0.540. The van der Waals surface area contributed by atoms with Crippen molar-refractivity contribution in [2.45, 2.75) is 19.8 Å². The van der Waals surface area contributed by atoms with Crippen LogP contribution in [0.4, 0.5) is 0 Å². The first kappa shape index (κ1) is 8.24. The van der Waals surface area contributed by atoms with Crippen LogP contribution in [-0.2, 0) is 0 Å². The van der Waals surface area contributed by atoms with Crippen molar-refractivity contribution in [3.63, 3.8) is 0 Å². The smallest absolute Gasteiger partial charge is 0.0346 e. The van der Waals surface area contributed by atoms with Gasteiger partial charge in [0.05, 0.1) is 0 Å². The van der Waals surface area contributed by atoms with Crippen LogP contribution in [-0.4, -0.2) is 4.98 Å². The lowest BCUT2D eigenvalue weighted by Gasteiger charge is -2.08. The lowest BCUT2D eigenvalue weighted by atomic mass is 9.99. The van der Waals surface area contributed by atoms with Crippen molar-refractivity contribution < 1.29 is 0 Å². The van der Waals surface area contributed by atoms with Gasteiger partial charge in [0.25, 0.3) is 0 Å². The molecule has 0 aliphatic carbocycles. The number of benzene rings is 1. The Balaban J connectivity index is 2.76. The van der Waals surface area contributed by atoms with Crippen molar-refractivity contribution in [3.05, 3.63) is 42.2 Å². The SMILES string of the molecule is CC(C)c1cncc2ccccc12. The van der Waals surface area contributed by atoms with Crippen LogP contribution in [0.3, 0.4) is 0 Å². The molecule has 0 atom stereocenters. The van der Waals surface area contributed by atoms with Crippen LogP contribution in [0, 0.1) is 0 Å². The van der Waals surface area contributed by atoms with E-state index in [9.17, 15) is 0 Å². The highest BCUT2D eigenvalue weighted by Gasteiger charge is 2.03. The van der Waals surface area contributed by atoms with Gasteiger partial charge >= 0.3 is 0 Å². The number of hydrogen-bond donors (Lipinski definition) is 0. The Morgan fingerprint density at radius 1 is 1.08 bits per heavy atom. The quantitative estimate of drug-likeness (QED) is 0.641. The molecular formula is C12H13N. The fourth-order valence-corrected chi connectivity index (χ4v) is 1.60. The lowest BCUT2D eigenvalue weighted by Crippen LogP contribution is -1.90. The standard InChI is InChI=1S/C12H13N/c1-9(2)12-8-13-7-10-5-3-4-6-11(10)12/h3-9H,1-2H3. The molecule has 1 heteroatoms. The second-order valence-electron chi connectivity index (χ2n) is 3.60. The number of fused-ring (bicyclic) bond motifs is 1. The third kappa shape index (κ3) is 1.42. The average Bonchev–Trinajstić information content (AvgIpc) is 2.17. The first-order valence-electron chi connectivity index (χ1n) is 4.61. The predicted molar refractivity (Wildman–Crippen MR) is 55.8 cm³/mol. The molecule has 1 aromatic carbocycles. The first-order valence-corrected chi connectivity index (χ1v) is 4.61. The van der Waals surface area contributed by atoms with Crippen LogP contribution >= 0.6 is 0 Å². The van der Waals surface area contributed by atoms with Gasteiger partial charge in [-0.1, -0.05) is 38.1 Å². The highest BCUT2D eigenvalue weighted by Crippen LogP contribution is 2.23. The summed E-state index contributed by atoms with van der Waals surface area (Å²) >= 11 is 0. The first-order chi connectivity index (χ1) is 6.29. The second kappa shape index (κ2) is 3.17. The van der Waals surface area contributed by atoms with E-state index >= 15 is 0 Å². The molecule has 0 saturated heterocycles. The van der Waals surface area contributed by atoms with E-state index in [1.54, 1.807) is 0 Å². The fraction of sp³-hybridized carbons (Fsp3) is 0.250. The van der Waals surface area contributed by atoms with Gasteiger partial charge in [-0.05, 0) is 16.9 Å². The van der Waals surface area contributed by atoms with E-state index in [4.69, 9.17) is 0 Å². The monoisotopic (exact) mass is 171 g/mol. The van der Waals surface area contributed by atoms with Crippen LogP contribution in [0.15, 0.2) is 36.7 Å². The topological polar surface area (TPSA) is 12.9 Å². The van der Waals surface area contributed by atoms with Crippen LogP contribution in [0.2, 0.25) is 0 Å². The van der Waals surface area contributed by atoms with Crippen molar-refractivity contribution in [2.24, 2.45) is 0 Å². The van der Waals surface area contributed by atoms with E-state index in [2.05, 4.69) is 37.0 Å². The molecule has 66 valence electrons. The van der Waals surface area contributed by atoms with Crippen molar-refractivity contribution in [1.29, 1.82) is 0 Å². The van der Waals surface area contributed by atoms with Crippen molar-refractivity contribution in [2.75, 3.05) is 0 Å². The largest absolute Gasteiger partial charge is 0.264 e. The summed E-state index contributed by atoms with van der Waals surface area (Å²) in [5.74, 6) is 0.540. The molecule has 0 radical (unpaired) electrons. The van der Waals surface area contributed by atoms with Gasteiger partial charge in [-0.25, -0.2) is 0 Å². The van der Waals surface area contributed by atoms with Gasteiger partial charge in [-0.15, -0.1) is 0 Å². The van der Waals surface area contributed by atoms with E-state index in [1.165, 1.54) is 16.3 Å². The summed E-state index contributed by atoms with van der Waals surface area (Å²) in [7, 11) is 0. The Labute approximate surface area is 78.4 Å². The van der Waals surface area contributed by atoms with E-state index in [1.807, 2.05) is 18.5 Å². The molecule has 0 saturated carbocycles. The van der Waals surface area contributed by atoms with Crippen molar-refractivity contribution in [1.82, 2.24) is 4.98 Å². The number of nitrogens with zero attached hydrogens (tertiary/aromatic N) is 1. The van der Waals surface area contributed by atoms with Gasteiger partial charge in [-0.2, -0.15) is 0 Å². The molecule has 0 unspecified atom stereocenters. The number of hydrogen-bond acceptors (Lipinski definition) is 1. The summed E-state index contributed by atoms with van der Waals surface area (Å²) < 4.78 is 0. The number of pyridine rings is 1. The van der Waals surface area contributed by atoms with Gasteiger partial charge in [-0.3, -0.25) is 4.98 Å². The van der Waals surface area contributed by atoms with Gasteiger partial charge in [0, 0.05) is 17.8 Å². The van der Waals surface area contributed by atoms with E-state index in [0.29, 0.717) is 5.92 Å². The summed E-state index contributed by atoms with van der Waals surface area (Å²) in [4.78, 5) is 4.23. The Bertz CT molecular complexity index is 413. The normalized spacial score (nSPS) is 11.0. The molecule has 1 aromatic heterocycles. The lowest BCUT2D eigenvalue weighted by molar-refractivity contribution is 0.869. The van der Waals surface area contributed by atoms with E-state index in [0.717, 1.165) is 0 Å². The van der Waals surface area contributed by atoms with Gasteiger partial charge < -0.3 is 0 Å². The molecule has 0 bridgehead atoms. The van der Waals surface area contributed by atoms with Gasteiger partial charge in [0.2, 0.25) is 0 Å². The zero-order valence-electron chi connectivity index (χ0n) is 7.99. The summed E-state index contributed by atoms with van der Waals surface area (Å²) in [5, 5.41) is 2.56. The molecule has 0 amide bonds. The molecule has 2 aromatic rings. The summed E-state index contributed by atoms with van der Waals surface area (Å²) in [5.41, 5.74) is 1.33. The molecule has 0 aliphatic rings. The van der Waals surface area contributed by atoms with E-state index < -0.39 is 0 Å². The van der Waals surface area contributed by atoms with Gasteiger partial charge in [0.1, 0.15) is 0 Å². The number of rotatable bonds is 1. The van der Waals surface area contributed by atoms with Crippen molar-refractivity contribution >= 4 is 10.8 Å². The molecule has 1 heterocycles. The Hall–Kier alpha value is -1.37. The molecular weight excluding hydrogens is 158 g/mol. The molecule has 0 spiro atoms. The Morgan fingerprint density at radius 3 is 2.62 bits per heavy atom. The fourth-order valence-electron chi connectivity index (χ4n) is 1.60. The maximum absolute atomic E-state index is 4.23. The summed E-state index contributed by atoms with van der Waals surface area (Å²) in [6, 6.07) is 8.39. The highest BCUT2D eigenvalue weighted by molar-refractivity contribution is 5.84. The predicted octanol–water partition coefficient (Wildman–Crippen LogP) is 3.36. The van der Waals surface area contributed by atoms with Crippen LogP contribution in [0.1, 0.15) is 25.3 Å². The molecule has 13 heavy (non-hydrogen) atoms. The zero-order chi connectivity index (χ0) is 9.26. The molecule has 0 aliphatic heterocycles. The zero-order valence-corrected chi connectivity index (χ0v) is 7.99. The maximum Gasteiger partial charge on any atom is 0.0346 e.